The number of carbonyl (C=O) groups excluding carboxylic acids is 1. The van der Waals surface area contributed by atoms with Gasteiger partial charge in [0.25, 0.3) is 5.91 Å². The van der Waals surface area contributed by atoms with Gasteiger partial charge >= 0.3 is 0 Å². The van der Waals surface area contributed by atoms with Crippen LogP contribution in [0, 0.1) is 5.41 Å². The zero-order valence-electron chi connectivity index (χ0n) is 13.3. The Labute approximate surface area is 137 Å². The van der Waals surface area contributed by atoms with Crippen molar-refractivity contribution in [2.45, 2.75) is 49.7 Å². The molecule has 1 aliphatic carbocycles. The van der Waals surface area contributed by atoms with Crippen LogP contribution >= 0.6 is 0 Å². The molecule has 1 amide bonds. The van der Waals surface area contributed by atoms with E-state index in [0.29, 0.717) is 0 Å². The van der Waals surface area contributed by atoms with E-state index in [4.69, 9.17) is 0 Å². The molecule has 23 heavy (non-hydrogen) atoms. The number of hydrogen-bond donors (Lipinski definition) is 0. The van der Waals surface area contributed by atoms with Crippen molar-refractivity contribution in [1.29, 1.82) is 0 Å². The Hall–Kier alpha value is -0.890. The summed E-state index contributed by atoms with van der Waals surface area (Å²) in [5, 5.41) is 0. The molecule has 0 aromatic rings. The van der Waals surface area contributed by atoms with Gasteiger partial charge in [-0.2, -0.15) is 0 Å². The van der Waals surface area contributed by atoms with E-state index in [1.165, 1.54) is 0 Å². The zero-order chi connectivity index (χ0) is 16.9. The molecule has 0 bridgehead atoms. The first-order chi connectivity index (χ1) is 10.6. The van der Waals surface area contributed by atoms with E-state index in [2.05, 4.69) is 0 Å². The van der Waals surface area contributed by atoms with Gasteiger partial charge in [-0.1, -0.05) is 31.4 Å². The second-order valence-electron chi connectivity index (χ2n) is 7.27. The Morgan fingerprint density at radius 2 is 1.78 bits per heavy atom. The van der Waals surface area contributed by atoms with Crippen LogP contribution in [0.15, 0.2) is 12.2 Å². The minimum Gasteiger partial charge on any atom is -0.272 e. The maximum atomic E-state index is 13.0. The molecule has 130 valence electrons. The predicted molar refractivity (Wildman–Crippen MR) is 87.0 cm³/mol. The van der Waals surface area contributed by atoms with Gasteiger partial charge in [-0.3, -0.25) is 4.79 Å². The predicted octanol–water partition coefficient (Wildman–Crippen LogP) is 1.24. The van der Waals surface area contributed by atoms with Gasteiger partial charge in [0.05, 0.1) is 18.6 Å². The number of sulfonamides is 1. The van der Waals surface area contributed by atoms with Crippen molar-refractivity contribution >= 4 is 25.8 Å². The highest BCUT2D eigenvalue weighted by Crippen LogP contribution is 2.54. The van der Waals surface area contributed by atoms with E-state index in [9.17, 15) is 21.6 Å². The van der Waals surface area contributed by atoms with E-state index in [-0.39, 0.29) is 30.6 Å². The van der Waals surface area contributed by atoms with Gasteiger partial charge in [0, 0.05) is 0 Å². The molecular formula is C15H23NO5S2. The fourth-order valence-corrected chi connectivity index (χ4v) is 8.08. The van der Waals surface area contributed by atoms with Gasteiger partial charge in [-0.25, -0.2) is 21.1 Å². The molecule has 2 spiro atoms. The van der Waals surface area contributed by atoms with Gasteiger partial charge in [-0.15, -0.1) is 0 Å². The number of amides is 1. The summed E-state index contributed by atoms with van der Waals surface area (Å²) in [6.45, 7) is -0.0814. The van der Waals surface area contributed by atoms with Crippen molar-refractivity contribution in [3.05, 3.63) is 12.2 Å². The van der Waals surface area contributed by atoms with Gasteiger partial charge in [0.2, 0.25) is 10.0 Å². The van der Waals surface area contributed by atoms with Crippen LogP contribution in [0.25, 0.3) is 0 Å². The Bertz CT molecular complexity index is 747. The summed E-state index contributed by atoms with van der Waals surface area (Å²) >= 11 is 0. The molecule has 1 atom stereocenters. The second kappa shape index (κ2) is 5.31. The van der Waals surface area contributed by atoms with Crippen LogP contribution in [0.2, 0.25) is 0 Å². The van der Waals surface area contributed by atoms with Crippen molar-refractivity contribution in [2.75, 3.05) is 18.6 Å². The highest BCUT2D eigenvalue weighted by atomic mass is 32.2. The maximum absolute atomic E-state index is 13.0. The number of hydrogen-bond acceptors (Lipinski definition) is 5. The molecule has 1 saturated carbocycles. The molecule has 3 rings (SSSR count). The third-order valence-electron chi connectivity index (χ3n) is 5.57. The molecule has 6 nitrogen and oxygen atoms in total. The largest absolute Gasteiger partial charge is 0.272 e. The fraction of sp³-hybridized carbons (Fsp3) is 0.800. The SMILES string of the molecule is CS(=O)(=O)N1CC=CCC2(CC3(CCCCC3)CS2(=O)=O)C1=O. The van der Waals surface area contributed by atoms with Crippen molar-refractivity contribution in [3.63, 3.8) is 0 Å². The summed E-state index contributed by atoms with van der Waals surface area (Å²) in [6.07, 6.45) is 9.20. The third kappa shape index (κ3) is 2.63. The van der Waals surface area contributed by atoms with Crippen molar-refractivity contribution < 1.29 is 21.6 Å². The molecule has 8 heteroatoms. The third-order valence-corrected chi connectivity index (χ3v) is 9.35. The van der Waals surface area contributed by atoms with Crippen molar-refractivity contribution in [2.24, 2.45) is 5.41 Å². The molecular weight excluding hydrogens is 338 g/mol. The Morgan fingerprint density at radius 3 is 2.39 bits per heavy atom. The topological polar surface area (TPSA) is 88.6 Å². The van der Waals surface area contributed by atoms with Gasteiger partial charge in [0.15, 0.2) is 14.6 Å². The zero-order valence-corrected chi connectivity index (χ0v) is 15.0. The van der Waals surface area contributed by atoms with E-state index in [1.807, 2.05) is 0 Å². The molecule has 0 aromatic heterocycles. The van der Waals surface area contributed by atoms with Crippen LogP contribution in [0.3, 0.4) is 0 Å². The van der Waals surface area contributed by atoms with E-state index in [0.717, 1.165) is 42.7 Å². The molecule has 0 aromatic carbocycles. The average molecular weight is 361 g/mol. The summed E-state index contributed by atoms with van der Waals surface area (Å²) in [5.74, 6) is -0.746. The standard InChI is InChI=1S/C15H23NO5S2/c1-22(18,19)16-10-6-5-9-15(13(16)17)11-14(12-23(15,20)21)7-3-2-4-8-14/h5-6H,2-4,7-12H2,1H3. The average Bonchev–Trinajstić information content (AvgIpc) is 2.55. The Morgan fingerprint density at radius 1 is 1.13 bits per heavy atom. The number of carbonyl (C=O) groups is 1. The number of sulfone groups is 1. The van der Waals surface area contributed by atoms with E-state index in [1.54, 1.807) is 12.2 Å². The van der Waals surface area contributed by atoms with Crippen molar-refractivity contribution in [3.8, 4) is 0 Å². The number of allylic oxidation sites excluding steroid dienone is 1. The summed E-state index contributed by atoms with van der Waals surface area (Å²) < 4.78 is 49.0. The summed E-state index contributed by atoms with van der Waals surface area (Å²) in [4.78, 5) is 13.0. The van der Waals surface area contributed by atoms with Crippen LogP contribution in [0.1, 0.15) is 44.9 Å². The monoisotopic (exact) mass is 361 g/mol. The number of rotatable bonds is 1. The lowest BCUT2D eigenvalue weighted by atomic mass is 9.70. The second-order valence-corrected chi connectivity index (χ2v) is 11.5. The summed E-state index contributed by atoms with van der Waals surface area (Å²) in [6, 6.07) is 0. The lowest BCUT2D eigenvalue weighted by Gasteiger charge is -2.34. The number of nitrogens with zero attached hydrogens (tertiary/aromatic N) is 1. The van der Waals surface area contributed by atoms with Crippen LogP contribution in [0.4, 0.5) is 0 Å². The molecule has 2 fully saturated rings. The fourth-order valence-electron chi connectivity index (χ4n) is 4.47. The molecule has 2 aliphatic heterocycles. The first kappa shape index (κ1) is 17.0. The Balaban J connectivity index is 2.08. The van der Waals surface area contributed by atoms with Crippen LogP contribution in [0.5, 0.6) is 0 Å². The minimum absolute atomic E-state index is 0.0111. The van der Waals surface area contributed by atoms with Crippen LogP contribution < -0.4 is 0 Å². The molecule has 0 N–H and O–H groups in total. The highest BCUT2D eigenvalue weighted by molar-refractivity contribution is 7.94. The normalized spacial score (nSPS) is 33.3. The first-order valence-corrected chi connectivity index (χ1v) is 11.5. The molecule has 1 unspecified atom stereocenters. The maximum Gasteiger partial charge on any atom is 0.258 e. The minimum atomic E-state index is -3.79. The molecule has 0 radical (unpaired) electrons. The summed E-state index contributed by atoms with van der Waals surface area (Å²) in [5.41, 5.74) is -0.353. The lowest BCUT2D eigenvalue weighted by Crippen LogP contribution is -2.52. The smallest absolute Gasteiger partial charge is 0.258 e. The highest BCUT2D eigenvalue weighted by Gasteiger charge is 2.63. The first-order valence-electron chi connectivity index (χ1n) is 8.02. The quantitative estimate of drug-likeness (QED) is 0.656. The van der Waals surface area contributed by atoms with Crippen molar-refractivity contribution in [1.82, 2.24) is 4.31 Å². The van der Waals surface area contributed by atoms with Crippen LogP contribution in [-0.4, -0.2) is 50.3 Å². The molecule has 3 aliphatic rings. The van der Waals surface area contributed by atoms with E-state index < -0.39 is 30.5 Å². The Kier molecular flexibility index (Phi) is 3.91. The van der Waals surface area contributed by atoms with Crippen LogP contribution in [-0.2, 0) is 24.7 Å². The molecule has 1 saturated heterocycles. The van der Waals surface area contributed by atoms with Gasteiger partial charge < -0.3 is 0 Å². The summed E-state index contributed by atoms with van der Waals surface area (Å²) in [7, 11) is -7.48. The molecule has 2 heterocycles. The van der Waals surface area contributed by atoms with Gasteiger partial charge in [-0.05, 0) is 31.1 Å². The lowest BCUT2D eigenvalue weighted by molar-refractivity contribution is -0.129. The van der Waals surface area contributed by atoms with E-state index >= 15 is 0 Å². The van der Waals surface area contributed by atoms with Gasteiger partial charge in [0.1, 0.15) is 0 Å².